The monoisotopic (exact) mass is 516 g/mol. The van der Waals surface area contributed by atoms with Gasteiger partial charge in [0.15, 0.2) is 5.13 Å². The maximum Gasteiger partial charge on any atom is 0.183 e. The summed E-state index contributed by atoms with van der Waals surface area (Å²) in [5, 5.41) is 13.6. The molecule has 0 amide bonds. The highest BCUT2D eigenvalue weighted by atomic mass is 32.2. The largest absolute Gasteiger partial charge is 0.508 e. The number of aromatic hydroxyl groups is 1. The first kappa shape index (κ1) is 28.3. The summed E-state index contributed by atoms with van der Waals surface area (Å²) in [4.78, 5) is 18.3. The number of nitrogens with zero attached hydrogens (tertiary/aromatic N) is 1. The van der Waals surface area contributed by atoms with Gasteiger partial charge in [0.1, 0.15) is 23.7 Å². The van der Waals surface area contributed by atoms with Crippen LogP contribution in [0.15, 0.2) is 59.0 Å². The number of benzene rings is 2. The van der Waals surface area contributed by atoms with Gasteiger partial charge in [0, 0.05) is 23.9 Å². The van der Waals surface area contributed by atoms with Crippen molar-refractivity contribution in [3.8, 4) is 16.2 Å². The van der Waals surface area contributed by atoms with E-state index in [4.69, 9.17) is 4.98 Å². The number of allylic oxidation sites excluding steroid dienone is 3. The van der Waals surface area contributed by atoms with Crippen molar-refractivity contribution in [2.24, 2.45) is 0 Å². The summed E-state index contributed by atoms with van der Waals surface area (Å²) >= 11 is 3.41. The minimum absolute atomic E-state index is 0.164. The van der Waals surface area contributed by atoms with Gasteiger partial charge in [-0.05, 0) is 74.1 Å². The molecule has 8 heteroatoms. The van der Waals surface area contributed by atoms with E-state index in [1.165, 1.54) is 21.4 Å². The predicted octanol–water partition coefficient (Wildman–Crippen LogP) is 8.06. The number of thiazole rings is 1. The normalized spacial score (nSPS) is 10.9. The average Bonchev–Trinajstić information content (AvgIpc) is 3.25. The lowest BCUT2D eigenvalue weighted by atomic mass is 10.1. The molecule has 0 aliphatic carbocycles. The molecule has 0 bridgehead atoms. The molecule has 0 unspecified atom stereocenters. The summed E-state index contributed by atoms with van der Waals surface area (Å²) in [6.45, 7) is 8.54. The van der Waals surface area contributed by atoms with Crippen LogP contribution >= 0.6 is 23.1 Å². The summed E-state index contributed by atoms with van der Waals surface area (Å²) in [5.74, 6) is -1.06. The van der Waals surface area contributed by atoms with Crippen LogP contribution in [0.2, 0.25) is 0 Å². The fourth-order valence-corrected chi connectivity index (χ4v) is 5.09. The summed E-state index contributed by atoms with van der Waals surface area (Å²) in [6.07, 6.45) is 3.53. The van der Waals surface area contributed by atoms with E-state index in [-0.39, 0.29) is 17.7 Å². The number of nitrogens with one attached hydrogen (secondary N) is 1. The van der Waals surface area contributed by atoms with Crippen molar-refractivity contribution in [1.82, 2.24) is 4.98 Å². The molecule has 0 aliphatic rings. The minimum atomic E-state index is -0.669. The van der Waals surface area contributed by atoms with Gasteiger partial charge in [-0.15, -0.1) is 0 Å². The highest BCUT2D eigenvalue weighted by molar-refractivity contribution is 8.11. The predicted molar refractivity (Wildman–Crippen MR) is 145 cm³/mol. The standard InChI is InChI=1S/C19H24N2OS2.C8H6F2O/c1-6-7-13(4)23-17(12(2)3)16-18(24-19(20-5)21-16)14-8-10-15(22)11-9-14;9-7-2-1-3-8(10)6(7)4-5-11/h7-11,22H,6H2,1-5H3,(H,20,21);1-3,5H,4H2/b13-7+;. The zero-order valence-corrected chi connectivity index (χ0v) is 22.1. The van der Waals surface area contributed by atoms with Crippen LogP contribution in [0.1, 0.15) is 45.4 Å². The summed E-state index contributed by atoms with van der Waals surface area (Å²) < 4.78 is 25.3. The van der Waals surface area contributed by atoms with Crippen LogP contribution in [-0.2, 0) is 11.2 Å². The first-order valence-electron chi connectivity index (χ1n) is 11.1. The Morgan fingerprint density at radius 2 is 1.74 bits per heavy atom. The minimum Gasteiger partial charge on any atom is -0.508 e. The molecular weight excluding hydrogens is 486 g/mol. The molecule has 0 atom stereocenters. The van der Waals surface area contributed by atoms with Crippen LogP contribution in [-0.4, -0.2) is 23.4 Å². The van der Waals surface area contributed by atoms with Crippen LogP contribution in [0.5, 0.6) is 5.75 Å². The average molecular weight is 517 g/mol. The Morgan fingerprint density at radius 1 is 1.11 bits per heavy atom. The van der Waals surface area contributed by atoms with Gasteiger partial charge in [-0.25, -0.2) is 13.8 Å². The van der Waals surface area contributed by atoms with Crippen molar-refractivity contribution in [3.63, 3.8) is 0 Å². The zero-order chi connectivity index (χ0) is 26.0. The summed E-state index contributed by atoms with van der Waals surface area (Å²) in [7, 11) is 1.89. The Kier molecular flexibility index (Phi) is 11.1. The maximum absolute atomic E-state index is 12.6. The van der Waals surface area contributed by atoms with Gasteiger partial charge in [-0.3, -0.25) is 0 Å². The van der Waals surface area contributed by atoms with Gasteiger partial charge in [0.25, 0.3) is 0 Å². The van der Waals surface area contributed by atoms with Gasteiger partial charge >= 0.3 is 0 Å². The SMILES string of the molecule is CC/C=C(\C)SC(=C(C)C)c1nc(NC)sc1-c1ccc(O)cc1.O=CCc1c(F)cccc1F. The van der Waals surface area contributed by atoms with Crippen LogP contribution in [0.3, 0.4) is 0 Å². The molecule has 2 N–H and O–H groups in total. The number of phenolic OH excluding ortho intramolecular Hbond substituents is 1. The lowest BCUT2D eigenvalue weighted by Crippen LogP contribution is -1.95. The molecule has 0 fully saturated rings. The third-order valence-corrected chi connectivity index (χ3v) is 7.16. The highest BCUT2D eigenvalue weighted by Crippen LogP contribution is 2.44. The van der Waals surface area contributed by atoms with Gasteiger partial charge < -0.3 is 15.2 Å². The van der Waals surface area contributed by atoms with Gasteiger partial charge in [0.05, 0.1) is 10.6 Å². The molecule has 186 valence electrons. The van der Waals surface area contributed by atoms with Crippen molar-refractivity contribution in [1.29, 1.82) is 0 Å². The number of thioether (sulfide) groups is 1. The van der Waals surface area contributed by atoms with Crippen molar-refractivity contribution < 1.29 is 18.7 Å². The van der Waals surface area contributed by atoms with E-state index in [1.54, 1.807) is 35.2 Å². The maximum atomic E-state index is 12.6. The van der Waals surface area contributed by atoms with E-state index in [0.717, 1.165) is 39.8 Å². The second-order valence-electron chi connectivity index (χ2n) is 7.72. The number of aldehydes is 1. The summed E-state index contributed by atoms with van der Waals surface area (Å²) in [6, 6.07) is 10.8. The van der Waals surface area contributed by atoms with Crippen molar-refractivity contribution in [2.75, 3.05) is 12.4 Å². The van der Waals surface area contributed by atoms with E-state index < -0.39 is 11.6 Å². The Balaban J connectivity index is 0.000000328. The van der Waals surface area contributed by atoms with Crippen LogP contribution in [0.4, 0.5) is 13.9 Å². The molecule has 2 aromatic carbocycles. The molecule has 35 heavy (non-hydrogen) atoms. The van der Waals surface area contributed by atoms with Crippen molar-refractivity contribution >= 4 is 39.4 Å². The first-order chi connectivity index (χ1) is 16.7. The number of halogens is 2. The van der Waals surface area contributed by atoms with Gasteiger partial charge in [-0.2, -0.15) is 0 Å². The van der Waals surface area contributed by atoms with E-state index in [9.17, 15) is 18.7 Å². The lowest BCUT2D eigenvalue weighted by molar-refractivity contribution is -0.107. The number of rotatable bonds is 8. The lowest BCUT2D eigenvalue weighted by Gasteiger charge is -2.10. The van der Waals surface area contributed by atoms with E-state index in [2.05, 4.69) is 39.1 Å². The fraction of sp³-hybridized carbons (Fsp3) is 0.259. The molecular formula is C27H30F2N2O2S2. The molecule has 1 aromatic heterocycles. The van der Waals surface area contributed by atoms with Gasteiger partial charge in [0.2, 0.25) is 0 Å². The molecule has 0 aliphatic heterocycles. The molecule has 3 aromatic rings. The third-order valence-electron chi connectivity index (χ3n) is 4.74. The van der Waals surface area contributed by atoms with E-state index in [1.807, 2.05) is 19.2 Å². The molecule has 0 saturated carbocycles. The highest BCUT2D eigenvalue weighted by Gasteiger charge is 2.18. The fourth-order valence-electron chi connectivity index (χ4n) is 3.08. The number of hydrogen-bond acceptors (Lipinski definition) is 6. The smallest absolute Gasteiger partial charge is 0.183 e. The number of anilines is 1. The van der Waals surface area contributed by atoms with E-state index in [0.29, 0.717) is 6.29 Å². The molecule has 4 nitrogen and oxygen atoms in total. The second kappa shape index (κ2) is 13.8. The number of phenols is 1. The Labute approximate surface area is 213 Å². The molecule has 1 heterocycles. The van der Waals surface area contributed by atoms with Crippen molar-refractivity contribution in [3.05, 3.63) is 81.9 Å². The molecule has 0 radical (unpaired) electrons. The van der Waals surface area contributed by atoms with Gasteiger partial charge in [-0.1, -0.05) is 47.7 Å². The first-order valence-corrected chi connectivity index (χ1v) is 12.7. The van der Waals surface area contributed by atoms with Crippen LogP contribution < -0.4 is 5.32 Å². The second-order valence-corrected chi connectivity index (χ2v) is 9.97. The molecule has 0 spiro atoms. The topological polar surface area (TPSA) is 62.2 Å². The third kappa shape index (κ3) is 8.04. The number of carbonyl (C=O) groups is 1. The van der Waals surface area contributed by atoms with Crippen molar-refractivity contribution in [2.45, 2.75) is 40.5 Å². The Hall–Kier alpha value is -2.97. The molecule has 3 rings (SSSR count). The Morgan fingerprint density at radius 3 is 2.26 bits per heavy atom. The number of carbonyl (C=O) groups excluding carboxylic acids is 1. The number of hydrogen-bond donors (Lipinski definition) is 2. The number of aromatic nitrogens is 1. The quantitative estimate of drug-likeness (QED) is 0.297. The van der Waals surface area contributed by atoms with E-state index >= 15 is 0 Å². The van der Waals surface area contributed by atoms with Crippen LogP contribution in [0.25, 0.3) is 15.3 Å². The molecule has 0 saturated heterocycles. The zero-order valence-electron chi connectivity index (χ0n) is 20.5. The Bertz CT molecular complexity index is 1180. The summed E-state index contributed by atoms with van der Waals surface area (Å²) in [5.41, 5.74) is 3.15. The van der Waals surface area contributed by atoms with Crippen LogP contribution in [0, 0.1) is 11.6 Å².